The third-order valence-corrected chi connectivity index (χ3v) is 3.58. The molecule has 0 saturated carbocycles. The lowest BCUT2D eigenvalue weighted by Crippen LogP contribution is -2.42. The van der Waals surface area contributed by atoms with Crippen molar-refractivity contribution in [2.45, 2.75) is 31.5 Å². The van der Waals surface area contributed by atoms with E-state index in [2.05, 4.69) is 5.32 Å². The van der Waals surface area contributed by atoms with E-state index in [9.17, 15) is 18.0 Å². The number of nitrogens with two attached hydrogens (primary N) is 1. The molecule has 1 aromatic rings. The van der Waals surface area contributed by atoms with Crippen molar-refractivity contribution in [3.63, 3.8) is 0 Å². The molecule has 1 aliphatic rings. The molecular weight excluding hydrogens is 285 g/mol. The fourth-order valence-electron chi connectivity index (χ4n) is 2.34. The number of nitrogens with one attached hydrogen (secondary N) is 1. The van der Waals surface area contributed by atoms with Crippen molar-refractivity contribution in [3.8, 4) is 5.75 Å². The Hall–Kier alpha value is -1.76. The molecule has 4 nitrogen and oxygen atoms in total. The molecule has 0 aliphatic carbocycles. The lowest BCUT2D eigenvalue weighted by Gasteiger charge is -2.25. The van der Waals surface area contributed by atoms with Crippen LogP contribution in [-0.2, 0) is 6.18 Å². The van der Waals surface area contributed by atoms with E-state index in [1.54, 1.807) is 0 Å². The van der Waals surface area contributed by atoms with Gasteiger partial charge in [0.1, 0.15) is 12.4 Å². The Kier molecular flexibility index (Phi) is 4.13. The van der Waals surface area contributed by atoms with E-state index in [0.717, 1.165) is 37.6 Å². The number of alkyl halides is 3. The number of carbonyl (C=O) groups excluding carboxylic acids is 1. The molecule has 0 bridgehead atoms. The number of rotatable bonds is 4. The number of benzene rings is 1. The minimum Gasteiger partial charge on any atom is -0.491 e. The first-order chi connectivity index (χ1) is 9.71. The SMILES string of the molecule is C[C@@]1(COc2ccc(C(F)(F)F)cc2C(N)=O)CCCN1. The molecule has 1 saturated heterocycles. The van der Waals surface area contributed by atoms with E-state index >= 15 is 0 Å². The number of hydrogen-bond donors (Lipinski definition) is 2. The number of amides is 1. The van der Waals surface area contributed by atoms with Gasteiger partial charge < -0.3 is 15.8 Å². The molecule has 7 heteroatoms. The van der Waals surface area contributed by atoms with Gasteiger partial charge in [-0.25, -0.2) is 0 Å². The Morgan fingerprint density at radius 3 is 2.71 bits per heavy atom. The highest BCUT2D eigenvalue weighted by molar-refractivity contribution is 5.95. The van der Waals surface area contributed by atoms with Gasteiger partial charge in [0, 0.05) is 5.54 Å². The van der Waals surface area contributed by atoms with E-state index in [0.29, 0.717) is 0 Å². The topological polar surface area (TPSA) is 64.3 Å². The maximum absolute atomic E-state index is 12.7. The van der Waals surface area contributed by atoms with Crippen LogP contribution in [-0.4, -0.2) is 24.6 Å². The third-order valence-electron chi connectivity index (χ3n) is 3.58. The first-order valence-corrected chi connectivity index (χ1v) is 6.60. The van der Waals surface area contributed by atoms with E-state index in [1.165, 1.54) is 0 Å². The molecule has 1 aromatic carbocycles. The van der Waals surface area contributed by atoms with Gasteiger partial charge in [-0.15, -0.1) is 0 Å². The van der Waals surface area contributed by atoms with Crippen molar-refractivity contribution in [2.24, 2.45) is 5.73 Å². The lowest BCUT2D eigenvalue weighted by molar-refractivity contribution is -0.137. The summed E-state index contributed by atoms with van der Waals surface area (Å²) >= 11 is 0. The van der Waals surface area contributed by atoms with Crippen molar-refractivity contribution in [3.05, 3.63) is 29.3 Å². The van der Waals surface area contributed by atoms with Crippen LogP contribution >= 0.6 is 0 Å². The van der Waals surface area contributed by atoms with E-state index < -0.39 is 17.6 Å². The molecule has 0 aromatic heterocycles. The molecule has 1 heterocycles. The largest absolute Gasteiger partial charge is 0.491 e. The standard InChI is InChI=1S/C14H17F3N2O2/c1-13(5-2-6-19-13)8-21-11-4-3-9(14(15,16)17)7-10(11)12(18)20/h3-4,7,19H,2,5-6,8H2,1H3,(H2,18,20)/t13-/m0/s1. The van der Waals surface area contributed by atoms with Crippen molar-refractivity contribution < 1.29 is 22.7 Å². The van der Waals surface area contributed by atoms with Crippen LogP contribution in [0.1, 0.15) is 35.7 Å². The predicted octanol–water partition coefficient (Wildman–Crippen LogP) is 2.33. The van der Waals surface area contributed by atoms with Crippen LogP contribution < -0.4 is 15.8 Å². The highest BCUT2D eigenvalue weighted by atomic mass is 19.4. The summed E-state index contributed by atoms with van der Waals surface area (Å²) in [5.41, 5.74) is 3.72. The number of primary amides is 1. The van der Waals surface area contributed by atoms with Crippen LogP contribution in [0.3, 0.4) is 0 Å². The van der Waals surface area contributed by atoms with Crippen LogP contribution in [0.5, 0.6) is 5.75 Å². The Bertz CT molecular complexity index is 538. The van der Waals surface area contributed by atoms with Gasteiger partial charge in [-0.2, -0.15) is 13.2 Å². The van der Waals surface area contributed by atoms with Gasteiger partial charge >= 0.3 is 6.18 Å². The quantitative estimate of drug-likeness (QED) is 0.897. The van der Waals surface area contributed by atoms with Gasteiger partial charge in [-0.1, -0.05) is 0 Å². The number of hydrogen-bond acceptors (Lipinski definition) is 3. The second kappa shape index (κ2) is 5.55. The molecule has 1 amide bonds. The summed E-state index contributed by atoms with van der Waals surface area (Å²) in [7, 11) is 0. The molecule has 2 rings (SSSR count). The average Bonchev–Trinajstić information content (AvgIpc) is 2.82. The van der Waals surface area contributed by atoms with Gasteiger partial charge in [-0.3, -0.25) is 4.79 Å². The van der Waals surface area contributed by atoms with Crippen LogP contribution in [0.4, 0.5) is 13.2 Å². The molecule has 116 valence electrons. The van der Waals surface area contributed by atoms with Crippen molar-refractivity contribution in [1.29, 1.82) is 0 Å². The molecular formula is C14H17F3N2O2. The second-order valence-corrected chi connectivity index (χ2v) is 5.45. The summed E-state index contributed by atoms with van der Waals surface area (Å²) in [5, 5.41) is 3.27. The third kappa shape index (κ3) is 3.66. The zero-order valence-electron chi connectivity index (χ0n) is 11.6. The highest BCUT2D eigenvalue weighted by Gasteiger charge is 2.33. The van der Waals surface area contributed by atoms with Crippen molar-refractivity contribution in [2.75, 3.05) is 13.2 Å². The zero-order chi connectivity index (χ0) is 15.7. The number of halogens is 3. The molecule has 1 aliphatic heterocycles. The summed E-state index contributed by atoms with van der Waals surface area (Å²) in [6.07, 6.45) is -2.61. The summed E-state index contributed by atoms with van der Waals surface area (Å²) in [6, 6.07) is 2.75. The first-order valence-electron chi connectivity index (χ1n) is 6.60. The smallest absolute Gasteiger partial charge is 0.416 e. The summed E-state index contributed by atoms with van der Waals surface area (Å²) < 4.78 is 43.5. The zero-order valence-corrected chi connectivity index (χ0v) is 11.6. The Morgan fingerprint density at radius 1 is 1.48 bits per heavy atom. The summed E-state index contributed by atoms with van der Waals surface area (Å²) in [6.45, 7) is 3.10. The van der Waals surface area contributed by atoms with Crippen LogP contribution in [0.2, 0.25) is 0 Å². The first kappa shape index (κ1) is 15.6. The van der Waals surface area contributed by atoms with Gasteiger partial charge in [0.15, 0.2) is 0 Å². The number of ether oxygens (including phenoxy) is 1. The lowest BCUT2D eigenvalue weighted by atomic mass is 10.0. The fraction of sp³-hybridized carbons (Fsp3) is 0.500. The van der Waals surface area contributed by atoms with Gasteiger partial charge in [0.25, 0.3) is 5.91 Å². The van der Waals surface area contributed by atoms with Gasteiger partial charge in [0.2, 0.25) is 0 Å². The molecule has 1 fully saturated rings. The van der Waals surface area contributed by atoms with Crippen molar-refractivity contribution >= 4 is 5.91 Å². The number of carbonyl (C=O) groups is 1. The molecule has 3 N–H and O–H groups in total. The molecule has 0 unspecified atom stereocenters. The average molecular weight is 302 g/mol. The van der Waals surface area contributed by atoms with Crippen LogP contribution in [0.25, 0.3) is 0 Å². The van der Waals surface area contributed by atoms with E-state index in [4.69, 9.17) is 10.5 Å². The maximum atomic E-state index is 12.7. The molecule has 21 heavy (non-hydrogen) atoms. The Morgan fingerprint density at radius 2 is 2.19 bits per heavy atom. The normalized spacial score (nSPS) is 22.3. The minimum atomic E-state index is -4.53. The molecule has 1 atom stereocenters. The minimum absolute atomic E-state index is 0.0745. The Balaban J connectivity index is 2.21. The van der Waals surface area contributed by atoms with E-state index in [-0.39, 0.29) is 23.5 Å². The molecule has 0 spiro atoms. The van der Waals surface area contributed by atoms with Crippen LogP contribution in [0.15, 0.2) is 18.2 Å². The fourth-order valence-corrected chi connectivity index (χ4v) is 2.34. The highest BCUT2D eigenvalue weighted by Crippen LogP contribution is 2.33. The Labute approximate surface area is 120 Å². The van der Waals surface area contributed by atoms with E-state index in [1.807, 2.05) is 6.92 Å². The molecule has 0 radical (unpaired) electrons. The second-order valence-electron chi connectivity index (χ2n) is 5.45. The summed E-state index contributed by atoms with van der Waals surface area (Å²) in [4.78, 5) is 11.3. The van der Waals surface area contributed by atoms with Crippen LogP contribution in [0, 0.1) is 0 Å². The summed E-state index contributed by atoms with van der Waals surface area (Å²) in [5.74, 6) is -0.869. The predicted molar refractivity (Wildman–Crippen MR) is 71.1 cm³/mol. The van der Waals surface area contributed by atoms with Gasteiger partial charge in [0.05, 0.1) is 11.1 Å². The maximum Gasteiger partial charge on any atom is 0.416 e. The monoisotopic (exact) mass is 302 g/mol. The van der Waals surface area contributed by atoms with Crippen molar-refractivity contribution in [1.82, 2.24) is 5.32 Å². The van der Waals surface area contributed by atoms with Gasteiger partial charge in [-0.05, 0) is 44.5 Å².